The third-order valence-electron chi connectivity index (χ3n) is 1.94. The number of carboxylic acid groups (broad SMARTS) is 1. The van der Waals surface area contributed by atoms with E-state index in [-0.39, 0.29) is 18.7 Å². The summed E-state index contributed by atoms with van der Waals surface area (Å²) in [6.45, 7) is 2.41. The number of aliphatic carboxylic acids is 1. The smallest absolute Gasteiger partial charge is 0.320 e. The lowest BCUT2D eigenvalue weighted by molar-refractivity contribution is -0.138. The second kappa shape index (κ2) is 9.08. The summed E-state index contributed by atoms with van der Waals surface area (Å²) in [5, 5.41) is 14.1. The molecule has 7 nitrogen and oxygen atoms in total. The lowest BCUT2D eigenvalue weighted by atomic mass is 10.1. The molecule has 7 N–H and O–H groups in total. The number of amides is 1. The van der Waals surface area contributed by atoms with Gasteiger partial charge in [0.1, 0.15) is 6.04 Å². The molecule has 0 rings (SSSR count). The SMILES string of the molecule is NCCNCCNC(=O)CC[C@H](N)C(=O)O. The number of hydrogen-bond acceptors (Lipinski definition) is 5. The first-order valence-electron chi connectivity index (χ1n) is 5.23. The van der Waals surface area contributed by atoms with Gasteiger partial charge in [0.2, 0.25) is 5.91 Å². The van der Waals surface area contributed by atoms with Crippen molar-refractivity contribution in [2.75, 3.05) is 26.2 Å². The van der Waals surface area contributed by atoms with Gasteiger partial charge in [-0.05, 0) is 6.42 Å². The molecule has 0 spiro atoms. The molecule has 1 atom stereocenters. The Bertz CT molecular complexity index is 223. The van der Waals surface area contributed by atoms with Crippen molar-refractivity contribution in [1.82, 2.24) is 10.6 Å². The van der Waals surface area contributed by atoms with E-state index in [2.05, 4.69) is 10.6 Å². The maximum Gasteiger partial charge on any atom is 0.320 e. The van der Waals surface area contributed by atoms with Crippen molar-refractivity contribution in [3.8, 4) is 0 Å². The second-order valence-corrected chi connectivity index (χ2v) is 3.37. The number of hydrogen-bond donors (Lipinski definition) is 5. The van der Waals surface area contributed by atoms with Crippen molar-refractivity contribution in [2.45, 2.75) is 18.9 Å². The number of rotatable bonds is 9. The molecule has 0 bridgehead atoms. The summed E-state index contributed by atoms with van der Waals surface area (Å²) in [5.74, 6) is -1.27. The highest BCUT2D eigenvalue weighted by Crippen LogP contribution is 1.94. The van der Waals surface area contributed by atoms with Crippen LogP contribution in [0.15, 0.2) is 0 Å². The van der Waals surface area contributed by atoms with E-state index in [1.807, 2.05) is 0 Å². The summed E-state index contributed by atoms with van der Waals surface area (Å²) in [6, 6.07) is -0.971. The largest absolute Gasteiger partial charge is 0.480 e. The molecule has 94 valence electrons. The zero-order valence-corrected chi connectivity index (χ0v) is 9.24. The van der Waals surface area contributed by atoms with Crippen LogP contribution in [-0.4, -0.2) is 49.2 Å². The molecule has 1 amide bonds. The van der Waals surface area contributed by atoms with E-state index in [1.54, 1.807) is 0 Å². The van der Waals surface area contributed by atoms with Gasteiger partial charge >= 0.3 is 5.97 Å². The van der Waals surface area contributed by atoms with Gasteiger partial charge in [-0.3, -0.25) is 9.59 Å². The van der Waals surface area contributed by atoms with Gasteiger partial charge in [0.05, 0.1) is 0 Å². The van der Waals surface area contributed by atoms with E-state index >= 15 is 0 Å². The Morgan fingerprint density at radius 1 is 1.25 bits per heavy atom. The quantitative estimate of drug-likeness (QED) is 0.288. The summed E-state index contributed by atoms with van der Waals surface area (Å²) in [5.41, 5.74) is 10.5. The van der Waals surface area contributed by atoms with E-state index in [0.717, 1.165) is 0 Å². The fourth-order valence-electron chi connectivity index (χ4n) is 1.02. The molecule has 0 aromatic rings. The Kier molecular flexibility index (Phi) is 8.41. The highest BCUT2D eigenvalue weighted by molar-refractivity contribution is 5.78. The van der Waals surface area contributed by atoms with E-state index in [9.17, 15) is 9.59 Å². The van der Waals surface area contributed by atoms with Gasteiger partial charge in [-0.15, -0.1) is 0 Å². The summed E-state index contributed by atoms with van der Waals surface area (Å²) in [6.07, 6.45) is 0.280. The van der Waals surface area contributed by atoms with E-state index in [1.165, 1.54) is 0 Å². The lowest BCUT2D eigenvalue weighted by Crippen LogP contribution is -2.35. The molecule has 0 aliphatic rings. The van der Waals surface area contributed by atoms with Crippen LogP contribution in [0.3, 0.4) is 0 Å². The monoisotopic (exact) mass is 232 g/mol. The van der Waals surface area contributed by atoms with Gasteiger partial charge in [0, 0.05) is 32.6 Å². The highest BCUT2D eigenvalue weighted by Gasteiger charge is 2.12. The van der Waals surface area contributed by atoms with Crippen LogP contribution in [0, 0.1) is 0 Å². The van der Waals surface area contributed by atoms with Crippen LogP contribution in [0.1, 0.15) is 12.8 Å². The molecule has 0 aromatic heterocycles. The molecule has 0 unspecified atom stereocenters. The number of nitrogens with two attached hydrogens (primary N) is 2. The highest BCUT2D eigenvalue weighted by atomic mass is 16.4. The van der Waals surface area contributed by atoms with Crippen LogP contribution in [-0.2, 0) is 9.59 Å². The van der Waals surface area contributed by atoms with Crippen molar-refractivity contribution in [2.24, 2.45) is 11.5 Å². The second-order valence-electron chi connectivity index (χ2n) is 3.37. The third-order valence-corrected chi connectivity index (χ3v) is 1.94. The topological polar surface area (TPSA) is 130 Å². The maximum atomic E-state index is 11.2. The van der Waals surface area contributed by atoms with Gasteiger partial charge < -0.3 is 27.2 Å². The van der Waals surface area contributed by atoms with Crippen LogP contribution in [0.2, 0.25) is 0 Å². The molecule has 0 heterocycles. The number of nitrogens with one attached hydrogen (secondary N) is 2. The summed E-state index contributed by atoms with van der Waals surface area (Å²) >= 11 is 0. The van der Waals surface area contributed by atoms with E-state index in [4.69, 9.17) is 16.6 Å². The Labute approximate surface area is 94.6 Å². The van der Waals surface area contributed by atoms with Crippen molar-refractivity contribution in [1.29, 1.82) is 0 Å². The van der Waals surface area contributed by atoms with Crippen LogP contribution in [0.25, 0.3) is 0 Å². The number of carboxylic acids is 1. The van der Waals surface area contributed by atoms with Crippen LogP contribution < -0.4 is 22.1 Å². The van der Waals surface area contributed by atoms with Gasteiger partial charge in [-0.1, -0.05) is 0 Å². The Morgan fingerprint density at radius 3 is 2.50 bits per heavy atom. The Morgan fingerprint density at radius 2 is 1.94 bits per heavy atom. The van der Waals surface area contributed by atoms with Gasteiger partial charge in [-0.2, -0.15) is 0 Å². The van der Waals surface area contributed by atoms with Crippen LogP contribution >= 0.6 is 0 Å². The summed E-state index contributed by atoms with van der Waals surface area (Å²) in [7, 11) is 0. The molecular weight excluding hydrogens is 212 g/mol. The first-order chi connectivity index (χ1) is 7.57. The molecule has 0 radical (unpaired) electrons. The average molecular weight is 232 g/mol. The van der Waals surface area contributed by atoms with Crippen LogP contribution in [0.4, 0.5) is 0 Å². The average Bonchev–Trinajstić information content (AvgIpc) is 2.25. The standard InChI is InChI=1S/C9H20N4O3/c10-3-4-12-5-6-13-8(14)2-1-7(11)9(15)16/h7,12H,1-6,10-11H2,(H,13,14)(H,15,16)/t7-/m0/s1. The summed E-state index contributed by atoms with van der Waals surface area (Å²) in [4.78, 5) is 21.6. The number of carbonyl (C=O) groups is 2. The van der Waals surface area contributed by atoms with E-state index < -0.39 is 12.0 Å². The third kappa shape index (κ3) is 8.16. The molecule has 0 aliphatic carbocycles. The van der Waals surface area contributed by atoms with Crippen molar-refractivity contribution in [3.05, 3.63) is 0 Å². The van der Waals surface area contributed by atoms with Crippen molar-refractivity contribution < 1.29 is 14.7 Å². The van der Waals surface area contributed by atoms with Gasteiger partial charge in [-0.25, -0.2) is 0 Å². The molecule has 0 aromatic carbocycles. The summed E-state index contributed by atoms with van der Waals surface area (Å²) < 4.78 is 0. The predicted molar refractivity (Wildman–Crippen MR) is 59.8 cm³/mol. The molecular formula is C9H20N4O3. The van der Waals surface area contributed by atoms with Gasteiger partial charge in [0.25, 0.3) is 0 Å². The zero-order valence-electron chi connectivity index (χ0n) is 9.24. The number of carbonyl (C=O) groups excluding carboxylic acids is 1. The lowest BCUT2D eigenvalue weighted by Gasteiger charge is -2.07. The van der Waals surface area contributed by atoms with Crippen LogP contribution in [0.5, 0.6) is 0 Å². The first kappa shape index (κ1) is 14.8. The Balaban J connectivity index is 3.41. The normalized spacial score (nSPS) is 12.1. The molecule has 7 heteroatoms. The minimum Gasteiger partial charge on any atom is -0.480 e. The first-order valence-corrected chi connectivity index (χ1v) is 5.23. The van der Waals surface area contributed by atoms with E-state index in [0.29, 0.717) is 26.2 Å². The maximum absolute atomic E-state index is 11.2. The zero-order chi connectivity index (χ0) is 12.4. The minimum absolute atomic E-state index is 0.129. The fourth-order valence-corrected chi connectivity index (χ4v) is 1.02. The van der Waals surface area contributed by atoms with Gasteiger partial charge in [0.15, 0.2) is 0 Å². The molecule has 0 saturated carbocycles. The molecule has 0 fully saturated rings. The fraction of sp³-hybridized carbons (Fsp3) is 0.778. The minimum atomic E-state index is -1.09. The van der Waals surface area contributed by atoms with Crippen molar-refractivity contribution in [3.63, 3.8) is 0 Å². The van der Waals surface area contributed by atoms with Crippen molar-refractivity contribution >= 4 is 11.9 Å². The Hall–Kier alpha value is -1.18. The molecule has 16 heavy (non-hydrogen) atoms. The molecule has 0 saturated heterocycles. The predicted octanol–water partition coefficient (Wildman–Crippen LogP) is -2.16. The molecule has 0 aliphatic heterocycles.